The number of guanidine groups is 1. The first-order chi connectivity index (χ1) is 12.6. The molecular weight excluding hydrogens is 356 g/mol. The van der Waals surface area contributed by atoms with Crippen molar-refractivity contribution in [3.63, 3.8) is 0 Å². The number of nitrogens with zero attached hydrogens (tertiary/aromatic N) is 1. The maximum Gasteiger partial charge on any atom is 0.213 e. The third-order valence-corrected chi connectivity index (χ3v) is 5.99. The van der Waals surface area contributed by atoms with E-state index < -0.39 is 10.0 Å². The van der Waals surface area contributed by atoms with Gasteiger partial charge in [0.15, 0.2) is 5.96 Å². The van der Waals surface area contributed by atoms with Crippen LogP contribution in [0.2, 0.25) is 0 Å². The van der Waals surface area contributed by atoms with Crippen LogP contribution in [-0.2, 0) is 19.5 Å². The predicted molar refractivity (Wildman–Crippen MR) is 103 cm³/mol. The van der Waals surface area contributed by atoms with Crippen LogP contribution in [0.3, 0.4) is 0 Å². The monoisotopic (exact) mass is 390 g/mol. The van der Waals surface area contributed by atoms with Crippen molar-refractivity contribution in [2.45, 2.75) is 45.1 Å². The first kappa shape index (κ1) is 21.4. The summed E-state index contributed by atoms with van der Waals surface area (Å²) in [5, 5.41) is 6.22. The van der Waals surface area contributed by atoms with Crippen LogP contribution in [-0.4, -0.2) is 72.2 Å². The molecule has 0 aromatic rings. The van der Waals surface area contributed by atoms with Crippen molar-refractivity contribution >= 4 is 16.0 Å². The fraction of sp³-hybridized carbons (Fsp3) is 0.941. The Morgan fingerprint density at radius 1 is 1.27 bits per heavy atom. The van der Waals surface area contributed by atoms with Gasteiger partial charge in [0.1, 0.15) is 0 Å². The quantitative estimate of drug-likeness (QED) is 0.254. The Bertz CT molecular complexity index is 517. The number of rotatable bonds is 12. The molecule has 3 N–H and O–H groups in total. The Kier molecular flexibility index (Phi) is 9.66. The molecule has 1 atom stereocenters. The standard InChI is InChI=1S/C17H34N4O4S/c1-2-18-17(19-8-4-10-25-16-7-11-24-14-16)20-9-12-26(22,23)21-13-15-5-3-6-15/h15-16,21H,2-14H2,1H3,(H2,18,19,20). The van der Waals surface area contributed by atoms with E-state index in [1.165, 1.54) is 6.42 Å². The van der Waals surface area contributed by atoms with E-state index >= 15 is 0 Å². The Morgan fingerprint density at radius 2 is 2.12 bits per heavy atom. The smallest absolute Gasteiger partial charge is 0.213 e. The number of ether oxygens (including phenoxy) is 2. The van der Waals surface area contributed by atoms with Gasteiger partial charge in [-0.15, -0.1) is 0 Å². The molecule has 1 saturated heterocycles. The normalized spacial score (nSPS) is 21.6. The van der Waals surface area contributed by atoms with E-state index in [1.54, 1.807) is 0 Å². The summed E-state index contributed by atoms with van der Waals surface area (Å²) in [4.78, 5) is 4.46. The Balaban J connectivity index is 1.59. The minimum atomic E-state index is -3.23. The zero-order valence-corrected chi connectivity index (χ0v) is 16.7. The van der Waals surface area contributed by atoms with Gasteiger partial charge in [-0.05, 0) is 38.5 Å². The van der Waals surface area contributed by atoms with Crippen LogP contribution in [0.25, 0.3) is 0 Å². The predicted octanol–water partition coefficient (Wildman–Crippen LogP) is 0.457. The van der Waals surface area contributed by atoms with Crippen LogP contribution in [0, 0.1) is 5.92 Å². The van der Waals surface area contributed by atoms with Crippen molar-refractivity contribution < 1.29 is 17.9 Å². The summed E-state index contributed by atoms with van der Waals surface area (Å²) in [7, 11) is -3.23. The van der Waals surface area contributed by atoms with Crippen LogP contribution < -0.4 is 15.4 Å². The number of sulfonamides is 1. The molecule has 9 heteroatoms. The van der Waals surface area contributed by atoms with Crippen molar-refractivity contribution in [2.75, 3.05) is 51.8 Å². The van der Waals surface area contributed by atoms with Crippen molar-refractivity contribution in [3.05, 3.63) is 0 Å². The summed E-state index contributed by atoms with van der Waals surface area (Å²) in [6.07, 6.45) is 5.51. The summed E-state index contributed by atoms with van der Waals surface area (Å²) in [5.41, 5.74) is 0. The average molecular weight is 391 g/mol. The number of aliphatic imine (C=N–C) groups is 1. The molecule has 0 aromatic heterocycles. The maximum atomic E-state index is 12.0. The zero-order chi connectivity index (χ0) is 18.7. The van der Waals surface area contributed by atoms with Crippen molar-refractivity contribution in [3.8, 4) is 0 Å². The van der Waals surface area contributed by atoms with E-state index in [4.69, 9.17) is 9.47 Å². The van der Waals surface area contributed by atoms with Gasteiger partial charge in [-0.2, -0.15) is 0 Å². The van der Waals surface area contributed by atoms with Crippen LogP contribution in [0.1, 0.15) is 39.0 Å². The zero-order valence-electron chi connectivity index (χ0n) is 15.8. The third kappa shape index (κ3) is 8.66. The van der Waals surface area contributed by atoms with Gasteiger partial charge in [0, 0.05) is 39.4 Å². The molecule has 1 unspecified atom stereocenters. The van der Waals surface area contributed by atoms with Crippen molar-refractivity contribution in [1.82, 2.24) is 15.4 Å². The highest BCUT2D eigenvalue weighted by Crippen LogP contribution is 2.25. The van der Waals surface area contributed by atoms with Gasteiger partial charge >= 0.3 is 0 Å². The van der Waals surface area contributed by atoms with Crippen LogP contribution in [0.15, 0.2) is 4.99 Å². The summed E-state index contributed by atoms with van der Waals surface area (Å²) in [5.74, 6) is 1.22. The molecule has 1 aliphatic heterocycles. The molecule has 0 spiro atoms. The molecule has 0 amide bonds. The molecule has 1 aliphatic carbocycles. The number of hydrogen-bond donors (Lipinski definition) is 3. The van der Waals surface area contributed by atoms with Gasteiger partial charge in [-0.25, -0.2) is 13.1 Å². The highest BCUT2D eigenvalue weighted by molar-refractivity contribution is 7.89. The summed E-state index contributed by atoms with van der Waals surface area (Å²) in [6, 6.07) is 0. The number of nitrogens with one attached hydrogen (secondary N) is 3. The van der Waals surface area contributed by atoms with E-state index in [0.717, 1.165) is 38.8 Å². The van der Waals surface area contributed by atoms with E-state index in [9.17, 15) is 8.42 Å². The first-order valence-corrected chi connectivity index (χ1v) is 11.4. The van der Waals surface area contributed by atoms with Gasteiger partial charge < -0.3 is 20.1 Å². The van der Waals surface area contributed by atoms with Gasteiger partial charge in [-0.3, -0.25) is 4.99 Å². The topological polar surface area (TPSA) is 101 Å². The minimum absolute atomic E-state index is 0.0505. The molecule has 1 heterocycles. The van der Waals surface area contributed by atoms with Crippen molar-refractivity contribution in [1.29, 1.82) is 0 Å². The fourth-order valence-corrected chi connectivity index (χ4v) is 3.81. The van der Waals surface area contributed by atoms with E-state index in [-0.39, 0.29) is 11.9 Å². The van der Waals surface area contributed by atoms with E-state index in [1.807, 2.05) is 6.92 Å². The first-order valence-electron chi connectivity index (χ1n) is 9.78. The second kappa shape index (κ2) is 11.7. The van der Waals surface area contributed by atoms with Gasteiger partial charge in [0.25, 0.3) is 0 Å². The van der Waals surface area contributed by atoms with Gasteiger partial charge in [0.05, 0.1) is 18.5 Å². The SMILES string of the molecule is CCNC(=NCCCOC1CCOC1)NCCS(=O)(=O)NCC1CCC1. The molecular formula is C17H34N4O4S. The molecule has 26 heavy (non-hydrogen) atoms. The Labute approximate surface area is 157 Å². The Hall–Kier alpha value is -0.900. The maximum absolute atomic E-state index is 12.0. The third-order valence-electron chi connectivity index (χ3n) is 4.64. The Morgan fingerprint density at radius 3 is 2.77 bits per heavy atom. The molecule has 2 rings (SSSR count). The minimum Gasteiger partial charge on any atom is -0.379 e. The van der Waals surface area contributed by atoms with Gasteiger partial charge in [0.2, 0.25) is 10.0 Å². The lowest BCUT2D eigenvalue weighted by molar-refractivity contribution is 0.0424. The van der Waals surface area contributed by atoms with Gasteiger partial charge in [-0.1, -0.05) is 6.42 Å². The summed E-state index contributed by atoms with van der Waals surface area (Å²) in [6.45, 7) is 6.40. The van der Waals surface area contributed by atoms with Crippen LogP contribution in [0.4, 0.5) is 0 Å². The lowest BCUT2D eigenvalue weighted by Gasteiger charge is -2.25. The largest absolute Gasteiger partial charge is 0.379 e. The molecule has 1 saturated carbocycles. The van der Waals surface area contributed by atoms with E-state index in [0.29, 0.717) is 44.7 Å². The van der Waals surface area contributed by atoms with Crippen LogP contribution in [0.5, 0.6) is 0 Å². The molecule has 152 valence electrons. The molecule has 0 aromatic carbocycles. The van der Waals surface area contributed by atoms with Crippen LogP contribution >= 0.6 is 0 Å². The summed E-state index contributed by atoms with van der Waals surface area (Å²) < 4.78 is 37.7. The average Bonchev–Trinajstić information content (AvgIpc) is 3.06. The van der Waals surface area contributed by atoms with Crippen molar-refractivity contribution in [2.24, 2.45) is 10.9 Å². The second-order valence-corrected chi connectivity index (χ2v) is 8.79. The molecule has 8 nitrogen and oxygen atoms in total. The summed E-state index contributed by atoms with van der Waals surface area (Å²) >= 11 is 0. The van der Waals surface area contributed by atoms with E-state index in [2.05, 4.69) is 20.3 Å². The number of hydrogen-bond acceptors (Lipinski definition) is 5. The molecule has 2 fully saturated rings. The molecule has 0 radical (unpaired) electrons. The second-order valence-electron chi connectivity index (χ2n) is 6.86. The molecule has 0 bridgehead atoms. The fourth-order valence-electron chi connectivity index (χ4n) is 2.81. The highest BCUT2D eigenvalue weighted by Gasteiger charge is 2.20. The lowest BCUT2D eigenvalue weighted by Crippen LogP contribution is -2.42. The molecule has 2 aliphatic rings. The lowest BCUT2D eigenvalue weighted by atomic mass is 9.86. The highest BCUT2D eigenvalue weighted by atomic mass is 32.2.